The molecule has 0 unspecified atom stereocenters. The number of hydrogen-bond donors (Lipinski definition) is 0. The van der Waals surface area contributed by atoms with Gasteiger partial charge in [-0.25, -0.2) is 8.78 Å². The van der Waals surface area contributed by atoms with Gasteiger partial charge in [0.25, 0.3) is 0 Å². The van der Waals surface area contributed by atoms with Crippen LogP contribution in [-0.4, -0.2) is 120 Å². The van der Waals surface area contributed by atoms with E-state index in [1.807, 2.05) is 119 Å². The molecule has 0 radical (unpaired) electrons. The average Bonchev–Trinajstić information content (AvgIpc) is 3.96. The van der Waals surface area contributed by atoms with Gasteiger partial charge < -0.3 is 38.5 Å². The zero-order valence-corrected chi connectivity index (χ0v) is 49.0. The van der Waals surface area contributed by atoms with Gasteiger partial charge >= 0.3 is 0 Å². The Morgan fingerprint density at radius 3 is 1.20 bits per heavy atom. The molecule has 4 fully saturated rings. The molecular formula is C68H69ClF2N8O4. The van der Waals surface area contributed by atoms with E-state index in [1.165, 1.54) is 23.3 Å². The number of halogens is 3. The molecule has 4 saturated heterocycles. The molecule has 0 saturated carbocycles. The van der Waals surface area contributed by atoms with Crippen LogP contribution in [0.15, 0.2) is 128 Å². The summed E-state index contributed by atoms with van der Waals surface area (Å²) in [6, 6.07) is 33.2. The Hall–Kier alpha value is -7.33. The van der Waals surface area contributed by atoms with Gasteiger partial charge in [0.05, 0.1) is 22.8 Å². The normalized spacial score (nSPS) is 23.9. The highest BCUT2D eigenvalue weighted by Gasteiger charge is 2.44. The third kappa shape index (κ3) is 10.6. The van der Waals surface area contributed by atoms with E-state index in [4.69, 9.17) is 30.5 Å². The molecule has 0 aliphatic carbocycles. The molecule has 8 aromatic rings. The monoisotopic (exact) mass is 1130 g/mol. The zero-order chi connectivity index (χ0) is 57.4. The van der Waals surface area contributed by atoms with Crippen LogP contribution in [0, 0.1) is 39.3 Å². The molecule has 83 heavy (non-hydrogen) atoms. The molecule has 0 spiro atoms. The molecule has 8 atom stereocenters. The Labute approximate surface area is 490 Å². The van der Waals surface area contributed by atoms with Gasteiger partial charge in [0.15, 0.2) is 0 Å². The molecule has 8 aliphatic heterocycles. The Balaban J connectivity index is 0.000000104. The minimum atomic E-state index is -0.217. The highest BCUT2D eigenvalue weighted by atomic mass is 35.5. The lowest BCUT2D eigenvalue weighted by molar-refractivity contribution is 0.399. The summed E-state index contributed by atoms with van der Waals surface area (Å²) in [5.74, 6) is 8.94. The van der Waals surface area contributed by atoms with Gasteiger partial charge in [0.2, 0.25) is 0 Å². The summed E-state index contributed by atoms with van der Waals surface area (Å²) >= 11 is 6.12. The van der Waals surface area contributed by atoms with Crippen molar-refractivity contribution in [2.75, 3.05) is 80.5 Å². The second-order valence-electron chi connectivity index (χ2n) is 24.2. The van der Waals surface area contributed by atoms with Crippen LogP contribution in [0.25, 0.3) is 0 Å². The number of para-hydroxylation sites is 1. The van der Waals surface area contributed by atoms with E-state index < -0.39 is 0 Å². The first-order valence-electron chi connectivity index (χ1n) is 28.9. The quantitative estimate of drug-likeness (QED) is 0.144. The maximum absolute atomic E-state index is 14.0. The largest absolute Gasteiger partial charge is 0.455 e. The maximum Gasteiger partial charge on any atom is 0.149 e. The Morgan fingerprint density at radius 2 is 0.735 bits per heavy atom. The summed E-state index contributed by atoms with van der Waals surface area (Å²) in [5, 5.41) is 0.707. The van der Waals surface area contributed by atoms with E-state index in [2.05, 4.69) is 92.0 Å². The molecule has 15 heteroatoms. The van der Waals surface area contributed by atoms with Crippen molar-refractivity contribution < 1.29 is 27.7 Å². The Kier molecular flexibility index (Phi) is 14.8. The number of aromatic nitrogens is 4. The number of fused-ring (bicyclic) bond motifs is 20. The molecule has 426 valence electrons. The molecule has 0 bridgehead atoms. The van der Waals surface area contributed by atoms with Crippen molar-refractivity contribution in [1.29, 1.82) is 0 Å². The van der Waals surface area contributed by atoms with Gasteiger partial charge in [-0.15, -0.1) is 0 Å². The highest BCUT2D eigenvalue weighted by Crippen LogP contribution is 2.53. The molecule has 4 aromatic heterocycles. The number of hydrogen-bond acceptors (Lipinski definition) is 12. The van der Waals surface area contributed by atoms with Crippen LogP contribution in [0.5, 0.6) is 46.0 Å². The van der Waals surface area contributed by atoms with Crippen molar-refractivity contribution in [3.63, 3.8) is 0 Å². The van der Waals surface area contributed by atoms with Gasteiger partial charge in [-0.3, -0.25) is 19.9 Å². The van der Waals surface area contributed by atoms with Crippen LogP contribution in [0.2, 0.25) is 5.02 Å². The number of pyridine rings is 4. The highest BCUT2D eigenvalue weighted by molar-refractivity contribution is 6.30. The number of aryl methyl sites for hydroxylation is 4. The summed E-state index contributed by atoms with van der Waals surface area (Å²) < 4.78 is 52.3. The molecule has 0 N–H and O–H groups in total. The van der Waals surface area contributed by atoms with Crippen molar-refractivity contribution in [2.45, 2.75) is 75.0 Å². The smallest absolute Gasteiger partial charge is 0.149 e. The predicted molar refractivity (Wildman–Crippen MR) is 319 cm³/mol. The van der Waals surface area contributed by atoms with Crippen LogP contribution < -0.4 is 18.9 Å². The van der Waals surface area contributed by atoms with Crippen molar-refractivity contribution in [3.8, 4) is 46.0 Å². The minimum Gasteiger partial charge on any atom is -0.455 e. The standard InChI is InChI=1S/2C18H19FN2O.C16H15ClN2O.C16H16N2O/c2*1-10-4-17-18(20-7-10)14-9-21(3)8-13(14)12-5-11(2)15(19)6-16(12)22-17;1-19-8-12-11-5-4-10(17)7-15(11)20-14-3-2-6-18-16(14)13(12)9-19;1-18-9-12-11-5-2-3-6-14(11)19-15-7-4-8-17-16(15)13(12)10-18/h2*4-7,13-14H,8-9H2,1-3H3;2-7,12-13H,8-9H2,1H3;2-8,12-13H,9-10H2,1H3/t2*13-,14-;2*12-,13-/m0000/s1. The zero-order valence-electron chi connectivity index (χ0n) is 48.2. The average molecular weight is 1140 g/mol. The molecule has 0 amide bonds. The third-order valence-corrected chi connectivity index (χ3v) is 18.2. The summed E-state index contributed by atoms with van der Waals surface area (Å²) in [7, 11) is 8.59. The second kappa shape index (κ2) is 22.3. The summed E-state index contributed by atoms with van der Waals surface area (Å²) in [6.07, 6.45) is 7.49. The van der Waals surface area contributed by atoms with E-state index in [1.54, 1.807) is 0 Å². The number of benzene rings is 4. The first-order chi connectivity index (χ1) is 40.1. The van der Waals surface area contributed by atoms with Gasteiger partial charge in [-0.05, 0) is 156 Å². The number of ether oxygens (including phenoxy) is 4. The molecular weight excluding hydrogens is 1070 g/mol. The maximum atomic E-state index is 14.0. The van der Waals surface area contributed by atoms with Crippen LogP contribution >= 0.6 is 11.6 Å². The lowest BCUT2D eigenvalue weighted by Crippen LogP contribution is -2.14. The van der Waals surface area contributed by atoms with Crippen molar-refractivity contribution in [1.82, 2.24) is 39.5 Å². The minimum absolute atomic E-state index is 0.217. The lowest BCUT2D eigenvalue weighted by atomic mass is 9.86. The SMILES string of the molecule is CN1C[C@@H]2c3ncccc3Oc3cc(Cl)ccc3[C@@H]2C1.CN1C[C@@H]2c3ncccc3Oc3ccccc3[C@@H]2C1.Cc1cnc2c(c1)Oc1cc(F)c(C)cc1[C@@H]1CN(C)C[C@H]21.Cc1cnc2c(c1)Oc1cc(F)c(C)cc1[C@@H]1CN(C)C[C@H]21. The fourth-order valence-corrected chi connectivity index (χ4v) is 14.3. The topological polar surface area (TPSA) is 101 Å². The molecule has 16 rings (SSSR count). The first-order valence-corrected chi connectivity index (χ1v) is 29.3. The predicted octanol–water partition coefficient (Wildman–Crippen LogP) is 14.2. The Bertz CT molecular complexity index is 3610. The molecule has 4 aromatic carbocycles. The molecule has 12 nitrogen and oxygen atoms in total. The van der Waals surface area contributed by atoms with E-state index in [0.29, 0.717) is 75.0 Å². The van der Waals surface area contributed by atoms with E-state index in [-0.39, 0.29) is 11.6 Å². The van der Waals surface area contributed by atoms with Gasteiger partial charge in [0, 0.05) is 153 Å². The van der Waals surface area contributed by atoms with Gasteiger partial charge in [-0.2, -0.15) is 0 Å². The summed E-state index contributed by atoms with van der Waals surface area (Å²) in [4.78, 5) is 27.8. The fraction of sp³-hybridized carbons (Fsp3) is 0.353. The number of rotatable bonds is 0. The number of likely N-dealkylation sites (tertiary alicyclic amines) is 4. The fourth-order valence-electron chi connectivity index (χ4n) is 14.1. The van der Waals surface area contributed by atoms with E-state index in [9.17, 15) is 8.78 Å². The summed E-state index contributed by atoms with van der Waals surface area (Å²) in [6.45, 7) is 15.6. The van der Waals surface area contributed by atoms with Crippen LogP contribution in [0.1, 0.15) is 115 Å². The Morgan fingerprint density at radius 1 is 0.373 bits per heavy atom. The molecule has 8 aliphatic rings. The van der Waals surface area contributed by atoms with Crippen molar-refractivity contribution in [2.24, 2.45) is 0 Å². The van der Waals surface area contributed by atoms with Crippen molar-refractivity contribution in [3.05, 3.63) is 212 Å². The summed E-state index contributed by atoms with van der Waals surface area (Å²) in [5.41, 5.74) is 12.4. The lowest BCUT2D eigenvalue weighted by Gasteiger charge is -2.17. The number of nitrogens with zero attached hydrogens (tertiary/aromatic N) is 8. The van der Waals surface area contributed by atoms with Crippen molar-refractivity contribution >= 4 is 11.6 Å². The van der Waals surface area contributed by atoms with Crippen LogP contribution in [-0.2, 0) is 0 Å². The first kappa shape index (κ1) is 54.9. The van der Waals surface area contributed by atoms with Gasteiger partial charge in [0.1, 0.15) is 57.6 Å². The van der Waals surface area contributed by atoms with Crippen LogP contribution in [0.3, 0.4) is 0 Å². The van der Waals surface area contributed by atoms with Gasteiger partial charge in [-0.1, -0.05) is 35.9 Å². The second-order valence-corrected chi connectivity index (χ2v) is 24.6. The number of likely N-dealkylation sites (N-methyl/N-ethyl adjacent to an activating group) is 4. The van der Waals surface area contributed by atoms with Crippen LogP contribution in [0.4, 0.5) is 8.78 Å². The van der Waals surface area contributed by atoms with E-state index in [0.717, 1.165) is 132 Å². The third-order valence-electron chi connectivity index (χ3n) is 18.0. The molecule has 12 heterocycles. The van der Waals surface area contributed by atoms with E-state index >= 15 is 0 Å².